The Morgan fingerprint density at radius 3 is 2.59 bits per heavy atom. The van der Waals surface area contributed by atoms with Crippen LogP contribution in [0, 0.1) is 0 Å². The van der Waals surface area contributed by atoms with Gasteiger partial charge in [0.05, 0.1) is 11.8 Å². The maximum absolute atomic E-state index is 12.4. The molecule has 2 unspecified atom stereocenters. The lowest BCUT2D eigenvalue weighted by atomic mass is 10.0. The number of hydrogen-bond acceptors (Lipinski definition) is 2. The minimum absolute atomic E-state index is 0.0710. The number of carbonyl (C=O) groups is 1. The maximum atomic E-state index is 12.4. The van der Waals surface area contributed by atoms with E-state index < -0.39 is 0 Å². The topological polar surface area (TPSA) is 33.5 Å². The van der Waals surface area contributed by atoms with Crippen LogP contribution in [0.25, 0.3) is 0 Å². The van der Waals surface area contributed by atoms with Crippen molar-refractivity contribution >= 4 is 33.4 Å². The van der Waals surface area contributed by atoms with Crippen LogP contribution in [-0.2, 0) is 0 Å². The van der Waals surface area contributed by atoms with Gasteiger partial charge in [-0.3, -0.25) is 4.79 Å². The van der Waals surface area contributed by atoms with Crippen molar-refractivity contribution in [1.82, 2.24) is 4.90 Å². The van der Waals surface area contributed by atoms with Gasteiger partial charge in [0.1, 0.15) is 0 Å². The fourth-order valence-corrected chi connectivity index (χ4v) is 3.85. The number of carbonyl (C=O) groups excluding carboxylic acids is 1. The second-order valence-corrected chi connectivity index (χ2v) is 6.11. The normalized spacial score (nSPS) is 31.9. The highest BCUT2D eigenvalue weighted by molar-refractivity contribution is 9.10. The van der Waals surface area contributed by atoms with Crippen molar-refractivity contribution in [2.75, 3.05) is 0 Å². The van der Waals surface area contributed by atoms with Gasteiger partial charge < -0.3 is 9.32 Å². The van der Waals surface area contributed by atoms with Crippen LogP contribution in [0.1, 0.15) is 36.0 Å². The monoisotopic (exact) mass is 317 g/mol. The van der Waals surface area contributed by atoms with Gasteiger partial charge in [0.2, 0.25) is 0 Å². The molecule has 1 aromatic rings. The Bertz CT molecular complexity index is 433. The highest BCUT2D eigenvalue weighted by atomic mass is 79.9. The molecule has 0 N–H and O–H groups in total. The summed E-state index contributed by atoms with van der Waals surface area (Å²) >= 11 is 9.47. The Kier molecular flexibility index (Phi) is 2.95. The fraction of sp³-hybridized carbons (Fsp3) is 0.583. The molecule has 2 fully saturated rings. The van der Waals surface area contributed by atoms with Crippen molar-refractivity contribution in [3.8, 4) is 0 Å². The van der Waals surface area contributed by atoms with E-state index >= 15 is 0 Å². The fourth-order valence-electron chi connectivity index (χ4n) is 3.03. The van der Waals surface area contributed by atoms with Gasteiger partial charge in [-0.2, -0.15) is 0 Å². The molecule has 0 aromatic carbocycles. The molecule has 2 atom stereocenters. The van der Waals surface area contributed by atoms with Crippen molar-refractivity contribution in [3.63, 3.8) is 0 Å². The van der Waals surface area contributed by atoms with Crippen LogP contribution in [0.3, 0.4) is 0 Å². The summed E-state index contributed by atoms with van der Waals surface area (Å²) in [7, 11) is 0. The SMILES string of the molecule is O=C(c1ccoc1Br)N1C2CCC1CC(Cl)C2. The van der Waals surface area contributed by atoms with E-state index in [0.717, 1.165) is 25.7 Å². The summed E-state index contributed by atoms with van der Waals surface area (Å²) in [4.78, 5) is 14.5. The maximum Gasteiger partial charge on any atom is 0.258 e. The van der Waals surface area contributed by atoms with Crippen LogP contribution >= 0.6 is 27.5 Å². The zero-order valence-corrected chi connectivity index (χ0v) is 11.6. The number of alkyl halides is 1. The first kappa shape index (κ1) is 11.6. The average Bonchev–Trinajstić information content (AvgIpc) is 2.81. The lowest BCUT2D eigenvalue weighted by Crippen LogP contribution is -2.46. The van der Waals surface area contributed by atoms with Crippen LogP contribution in [0.4, 0.5) is 0 Å². The Labute approximate surface area is 113 Å². The van der Waals surface area contributed by atoms with E-state index in [9.17, 15) is 4.79 Å². The first-order valence-corrected chi connectivity index (χ1v) is 7.09. The number of amides is 1. The summed E-state index contributed by atoms with van der Waals surface area (Å²) in [5.74, 6) is 0.0710. The van der Waals surface area contributed by atoms with Crippen molar-refractivity contribution in [1.29, 1.82) is 0 Å². The van der Waals surface area contributed by atoms with Gasteiger partial charge in [-0.15, -0.1) is 11.6 Å². The molecule has 17 heavy (non-hydrogen) atoms. The van der Waals surface area contributed by atoms with Crippen LogP contribution in [0.5, 0.6) is 0 Å². The Hall–Kier alpha value is -0.480. The largest absolute Gasteiger partial charge is 0.457 e. The predicted octanol–water partition coefficient (Wildman–Crippen LogP) is 3.42. The number of fused-ring (bicyclic) bond motifs is 2. The highest BCUT2D eigenvalue weighted by Gasteiger charge is 2.43. The average molecular weight is 319 g/mol. The molecule has 1 aromatic heterocycles. The molecule has 2 aliphatic heterocycles. The molecule has 92 valence electrons. The van der Waals surface area contributed by atoms with Crippen LogP contribution in [0.15, 0.2) is 21.4 Å². The van der Waals surface area contributed by atoms with E-state index in [2.05, 4.69) is 15.9 Å². The Balaban J connectivity index is 1.86. The number of rotatable bonds is 1. The molecule has 1 amide bonds. The summed E-state index contributed by atoms with van der Waals surface area (Å²) in [6.07, 6.45) is 5.52. The van der Waals surface area contributed by atoms with Crippen LogP contribution < -0.4 is 0 Å². The minimum Gasteiger partial charge on any atom is -0.457 e. The number of furan rings is 1. The summed E-state index contributed by atoms with van der Waals surface area (Å²) in [6, 6.07) is 2.34. The van der Waals surface area contributed by atoms with E-state index in [1.54, 1.807) is 6.07 Å². The van der Waals surface area contributed by atoms with Gasteiger partial charge in [-0.05, 0) is 47.7 Å². The smallest absolute Gasteiger partial charge is 0.258 e. The quantitative estimate of drug-likeness (QED) is 0.743. The molecule has 3 rings (SSSR count). The van der Waals surface area contributed by atoms with Gasteiger partial charge in [0.25, 0.3) is 5.91 Å². The first-order valence-electron chi connectivity index (χ1n) is 5.86. The summed E-state index contributed by atoms with van der Waals surface area (Å²) in [5.41, 5.74) is 0.620. The number of halogens is 2. The van der Waals surface area contributed by atoms with Gasteiger partial charge in [-0.25, -0.2) is 0 Å². The van der Waals surface area contributed by atoms with E-state index in [0.29, 0.717) is 22.3 Å². The van der Waals surface area contributed by atoms with Crippen LogP contribution in [-0.4, -0.2) is 28.3 Å². The Morgan fingerprint density at radius 2 is 2.06 bits per heavy atom. The number of hydrogen-bond donors (Lipinski definition) is 0. The molecule has 2 saturated heterocycles. The van der Waals surface area contributed by atoms with Gasteiger partial charge >= 0.3 is 0 Å². The van der Waals surface area contributed by atoms with Crippen molar-refractivity contribution in [2.45, 2.75) is 43.1 Å². The predicted molar refractivity (Wildman–Crippen MR) is 68.3 cm³/mol. The molecule has 5 heteroatoms. The summed E-state index contributed by atoms with van der Waals surface area (Å²) in [5, 5.41) is 0.226. The van der Waals surface area contributed by atoms with Gasteiger partial charge in [0.15, 0.2) is 4.67 Å². The number of piperidine rings is 1. The molecule has 3 nitrogen and oxygen atoms in total. The van der Waals surface area contributed by atoms with Crippen LogP contribution in [0.2, 0.25) is 0 Å². The third kappa shape index (κ3) is 1.91. The highest BCUT2D eigenvalue weighted by Crippen LogP contribution is 2.39. The third-order valence-electron chi connectivity index (χ3n) is 3.76. The van der Waals surface area contributed by atoms with E-state index in [1.807, 2.05) is 4.90 Å². The lowest BCUT2D eigenvalue weighted by Gasteiger charge is -2.36. The molecule has 3 heterocycles. The first-order chi connectivity index (χ1) is 8.16. The van der Waals surface area contributed by atoms with Crippen molar-refractivity contribution in [3.05, 3.63) is 22.6 Å². The van der Waals surface area contributed by atoms with E-state index in [-0.39, 0.29) is 11.3 Å². The second kappa shape index (κ2) is 4.32. The molecule has 0 radical (unpaired) electrons. The molecule has 0 aliphatic carbocycles. The summed E-state index contributed by atoms with van der Waals surface area (Å²) < 4.78 is 5.65. The lowest BCUT2D eigenvalue weighted by molar-refractivity contribution is 0.0597. The minimum atomic E-state index is 0.0710. The third-order valence-corrected chi connectivity index (χ3v) is 4.73. The molecule has 2 aliphatic rings. The van der Waals surface area contributed by atoms with Crippen molar-refractivity contribution in [2.24, 2.45) is 0 Å². The van der Waals surface area contributed by atoms with Gasteiger partial charge in [0, 0.05) is 17.5 Å². The molecule has 0 spiro atoms. The van der Waals surface area contributed by atoms with E-state index in [1.165, 1.54) is 6.26 Å². The Morgan fingerprint density at radius 1 is 1.41 bits per heavy atom. The second-order valence-electron chi connectivity index (χ2n) is 4.77. The molecular formula is C12H13BrClNO2. The summed E-state index contributed by atoms with van der Waals surface area (Å²) in [6.45, 7) is 0. The standard InChI is InChI=1S/C12H13BrClNO2/c13-11-10(3-4-17-11)12(16)15-8-1-2-9(15)6-7(14)5-8/h3-4,7-9H,1-2,5-6H2. The zero-order chi connectivity index (χ0) is 12.0. The van der Waals surface area contributed by atoms with Gasteiger partial charge in [-0.1, -0.05) is 0 Å². The molecule has 0 saturated carbocycles. The number of nitrogens with zero attached hydrogens (tertiary/aromatic N) is 1. The zero-order valence-electron chi connectivity index (χ0n) is 9.23. The molecular weight excluding hydrogens is 305 g/mol. The molecule has 2 bridgehead atoms. The van der Waals surface area contributed by atoms with Crippen molar-refractivity contribution < 1.29 is 9.21 Å². The van der Waals surface area contributed by atoms with E-state index in [4.69, 9.17) is 16.0 Å².